The van der Waals surface area contributed by atoms with Crippen molar-refractivity contribution >= 4 is 15.9 Å². The van der Waals surface area contributed by atoms with Crippen LogP contribution < -0.4 is 5.32 Å². The van der Waals surface area contributed by atoms with E-state index in [2.05, 4.69) is 39.6 Å². The molecule has 1 N–H and O–H groups in total. The van der Waals surface area contributed by atoms with E-state index in [-0.39, 0.29) is 23.9 Å². The largest absolute Gasteiger partial charge is 0.349 e. The molecule has 1 amide bonds. The van der Waals surface area contributed by atoms with Gasteiger partial charge in [-0.25, -0.2) is 22.8 Å². The van der Waals surface area contributed by atoms with Crippen LogP contribution in [-0.4, -0.2) is 41.2 Å². The number of nitrogens with zero attached hydrogens (tertiary/aromatic N) is 3. The Morgan fingerprint density at radius 2 is 1.76 bits per heavy atom. The molecule has 2 heterocycles. The number of sulfonamides is 1. The maximum Gasteiger partial charge on any atom is 0.243 e. The highest BCUT2D eigenvalue weighted by Crippen LogP contribution is 2.40. The van der Waals surface area contributed by atoms with Crippen molar-refractivity contribution in [3.63, 3.8) is 0 Å². The Labute approximate surface area is 198 Å². The second-order valence-electron chi connectivity index (χ2n) is 8.74. The monoisotopic (exact) mass is 480 g/mol. The average Bonchev–Trinajstić information content (AvgIpc) is 3.58. The number of carbonyl (C=O) groups excluding carboxylic acids is 1. The molecular formula is C25H25FN4O3S. The first-order chi connectivity index (χ1) is 16.4. The molecule has 0 bridgehead atoms. The van der Waals surface area contributed by atoms with Crippen LogP contribution >= 0.6 is 0 Å². The molecule has 2 aromatic carbocycles. The fourth-order valence-electron chi connectivity index (χ4n) is 4.32. The highest BCUT2D eigenvalue weighted by atomic mass is 32.2. The maximum atomic E-state index is 13.2. The van der Waals surface area contributed by atoms with Crippen LogP contribution in [0.15, 0.2) is 65.8 Å². The Morgan fingerprint density at radius 3 is 2.47 bits per heavy atom. The van der Waals surface area contributed by atoms with E-state index in [1.54, 1.807) is 0 Å². The smallest absolute Gasteiger partial charge is 0.243 e. The van der Waals surface area contributed by atoms with Crippen LogP contribution in [0, 0.1) is 5.82 Å². The summed E-state index contributed by atoms with van der Waals surface area (Å²) < 4.78 is 40.4. The first-order valence-electron chi connectivity index (χ1n) is 11.4. The van der Waals surface area contributed by atoms with Crippen LogP contribution in [0.4, 0.5) is 4.39 Å². The standard InChI is InChI=1S/C25H25FN4O3S/c26-20-9-11-22(12-10-20)34(32,33)30-13-1-2-24(30)25(31)27-15-21-14-23(29-16-28-21)19-7-5-18(6-8-19)17-3-4-17/h5-12,14,16-17,24H,1-4,13,15H2,(H,27,31)/t24-/m0/s1. The van der Waals surface area contributed by atoms with Crippen LogP contribution in [-0.2, 0) is 21.4 Å². The number of nitrogens with one attached hydrogen (secondary N) is 1. The lowest BCUT2D eigenvalue weighted by molar-refractivity contribution is -0.124. The molecule has 1 saturated carbocycles. The predicted octanol–water partition coefficient (Wildman–Crippen LogP) is 3.63. The molecule has 176 valence electrons. The van der Waals surface area contributed by atoms with Crippen LogP contribution in [0.1, 0.15) is 42.9 Å². The summed E-state index contributed by atoms with van der Waals surface area (Å²) in [5.41, 5.74) is 3.73. The van der Waals surface area contributed by atoms with Gasteiger partial charge in [-0.05, 0) is 67.5 Å². The Morgan fingerprint density at radius 1 is 1.03 bits per heavy atom. The summed E-state index contributed by atoms with van der Waals surface area (Å²) in [4.78, 5) is 21.5. The summed E-state index contributed by atoms with van der Waals surface area (Å²) >= 11 is 0. The minimum Gasteiger partial charge on any atom is -0.349 e. The van der Waals surface area contributed by atoms with Crippen molar-refractivity contribution in [2.45, 2.75) is 49.1 Å². The Bertz CT molecular complexity index is 1290. The van der Waals surface area contributed by atoms with Gasteiger partial charge in [0.2, 0.25) is 15.9 Å². The molecule has 0 radical (unpaired) electrons. The van der Waals surface area contributed by atoms with Gasteiger partial charge >= 0.3 is 0 Å². The van der Waals surface area contributed by atoms with E-state index in [0.717, 1.165) is 23.4 Å². The second kappa shape index (κ2) is 9.23. The number of hydrogen-bond acceptors (Lipinski definition) is 5. The topological polar surface area (TPSA) is 92.3 Å². The summed E-state index contributed by atoms with van der Waals surface area (Å²) in [7, 11) is -3.90. The maximum absolute atomic E-state index is 13.2. The summed E-state index contributed by atoms with van der Waals surface area (Å²) in [6.07, 6.45) is 4.97. The van der Waals surface area contributed by atoms with Gasteiger partial charge < -0.3 is 5.32 Å². The first kappa shape index (κ1) is 22.6. The molecule has 1 aliphatic heterocycles. The Balaban J connectivity index is 1.25. The van der Waals surface area contributed by atoms with Gasteiger partial charge in [-0.15, -0.1) is 0 Å². The van der Waals surface area contributed by atoms with Crippen LogP contribution in [0.25, 0.3) is 11.3 Å². The van der Waals surface area contributed by atoms with Gasteiger partial charge in [-0.2, -0.15) is 4.31 Å². The van der Waals surface area contributed by atoms with E-state index in [9.17, 15) is 17.6 Å². The molecule has 3 aromatic rings. The number of carbonyl (C=O) groups is 1. The Kier molecular flexibility index (Phi) is 6.14. The third kappa shape index (κ3) is 4.71. The summed E-state index contributed by atoms with van der Waals surface area (Å²) in [6, 6.07) is 14.0. The van der Waals surface area contributed by atoms with Gasteiger partial charge in [0.1, 0.15) is 18.2 Å². The van der Waals surface area contributed by atoms with Crippen molar-refractivity contribution in [1.29, 1.82) is 0 Å². The lowest BCUT2D eigenvalue weighted by Crippen LogP contribution is -2.45. The summed E-state index contributed by atoms with van der Waals surface area (Å²) in [6.45, 7) is 0.405. The van der Waals surface area contributed by atoms with Crippen molar-refractivity contribution < 1.29 is 17.6 Å². The molecule has 9 heteroatoms. The van der Waals surface area contributed by atoms with E-state index in [4.69, 9.17) is 0 Å². The van der Waals surface area contributed by atoms with E-state index >= 15 is 0 Å². The molecule has 1 saturated heterocycles. The molecule has 1 aromatic heterocycles. The van der Waals surface area contributed by atoms with Gasteiger partial charge in [-0.1, -0.05) is 24.3 Å². The predicted molar refractivity (Wildman–Crippen MR) is 125 cm³/mol. The SMILES string of the molecule is O=C(NCc1cc(-c2ccc(C3CC3)cc2)ncn1)[C@@H]1CCCN1S(=O)(=O)c1ccc(F)cc1. The second-order valence-corrected chi connectivity index (χ2v) is 10.6. The van der Waals surface area contributed by atoms with Gasteiger partial charge in [-0.3, -0.25) is 4.79 Å². The van der Waals surface area contributed by atoms with Crippen LogP contribution in [0.3, 0.4) is 0 Å². The van der Waals surface area contributed by atoms with Crippen molar-refractivity contribution in [3.05, 3.63) is 78.0 Å². The van der Waals surface area contributed by atoms with Gasteiger partial charge in [0, 0.05) is 12.1 Å². The minimum absolute atomic E-state index is 0.0262. The molecule has 2 fully saturated rings. The quantitative estimate of drug-likeness (QED) is 0.558. The third-order valence-corrected chi connectivity index (χ3v) is 8.27. The molecule has 5 rings (SSSR count). The first-order valence-corrected chi connectivity index (χ1v) is 12.8. The molecule has 1 aliphatic carbocycles. The summed E-state index contributed by atoms with van der Waals surface area (Å²) in [5.74, 6) is -0.206. The van der Waals surface area contributed by atoms with Crippen LogP contribution in [0.2, 0.25) is 0 Å². The number of amides is 1. The summed E-state index contributed by atoms with van der Waals surface area (Å²) in [5, 5.41) is 2.82. The Hall–Kier alpha value is -3.17. The van der Waals surface area contributed by atoms with Crippen molar-refractivity contribution in [1.82, 2.24) is 19.6 Å². The third-order valence-electron chi connectivity index (χ3n) is 6.35. The van der Waals surface area contributed by atoms with Gasteiger partial charge in [0.05, 0.1) is 22.8 Å². The zero-order valence-corrected chi connectivity index (χ0v) is 19.3. The average molecular weight is 481 g/mol. The highest BCUT2D eigenvalue weighted by Gasteiger charge is 2.39. The minimum atomic E-state index is -3.90. The van der Waals surface area contributed by atoms with Crippen LogP contribution in [0.5, 0.6) is 0 Å². The zero-order chi connectivity index (χ0) is 23.7. The molecular weight excluding hydrogens is 455 g/mol. The normalized spacial score (nSPS) is 18.7. The van der Waals surface area contributed by atoms with E-state index < -0.39 is 21.9 Å². The molecule has 7 nitrogen and oxygen atoms in total. The number of hydrogen-bond donors (Lipinski definition) is 1. The lowest BCUT2D eigenvalue weighted by Gasteiger charge is -2.23. The van der Waals surface area contributed by atoms with Gasteiger partial charge in [0.15, 0.2) is 0 Å². The van der Waals surface area contributed by atoms with E-state index in [1.807, 2.05) is 6.07 Å². The zero-order valence-electron chi connectivity index (χ0n) is 18.5. The number of halogens is 1. The van der Waals surface area contributed by atoms with Crippen molar-refractivity contribution in [3.8, 4) is 11.3 Å². The van der Waals surface area contributed by atoms with E-state index in [1.165, 1.54) is 41.2 Å². The van der Waals surface area contributed by atoms with Gasteiger partial charge in [0.25, 0.3) is 0 Å². The number of benzene rings is 2. The highest BCUT2D eigenvalue weighted by molar-refractivity contribution is 7.89. The number of aromatic nitrogens is 2. The van der Waals surface area contributed by atoms with E-state index in [0.29, 0.717) is 24.5 Å². The molecule has 0 unspecified atom stereocenters. The lowest BCUT2D eigenvalue weighted by atomic mass is 10.1. The van der Waals surface area contributed by atoms with Crippen molar-refractivity contribution in [2.24, 2.45) is 0 Å². The number of rotatable bonds is 7. The van der Waals surface area contributed by atoms with Crippen molar-refractivity contribution in [2.75, 3.05) is 6.54 Å². The molecule has 1 atom stereocenters. The fourth-order valence-corrected chi connectivity index (χ4v) is 5.98. The molecule has 0 spiro atoms. The fraction of sp³-hybridized carbons (Fsp3) is 0.320. The molecule has 2 aliphatic rings. The molecule has 34 heavy (non-hydrogen) atoms.